The van der Waals surface area contributed by atoms with Gasteiger partial charge in [-0.15, -0.1) is 11.3 Å². The second-order valence-corrected chi connectivity index (χ2v) is 8.44. The van der Waals surface area contributed by atoms with Gasteiger partial charge in [-0.2, -0.15) is 0 Å². The van der Waals surface area contributed by atoms with Crippen molar-refractivity contribution in [2.75, 3.05) is 13.1 Å². The first-order valence-electron chi connectivity index (χ1n) is 9.46. The fourth-order valence-electron chi connectivity index (χ4n) is 3.97. The van der Waals surface area contributed by atoms with Crippen LogP contribution >= 0.6 is 11.3 Å². The summed E-state index contributed by atoms with van der Waals surface area (Å²) in [5, 5.41) is 3.27. The molecule has 0 bridgehead atoms. The largest absolute Gasteiger partial charge is 0.347 e. The van der Waals surface area contributed by atoms with E-state index < -0.39 is 0 Å². The number of aryl methyl sites for hydroxylation is 2. The maximum absolute atomic E-state index is 12.7. The van der Waals surface area contributed by atoms with Gasteiger partial charge in [0, 0.05) is 30.6 Å². The van der Waals surface area contributed by atoms with E-state index in [-0.39, 0.29) is 11.9 Å². The van der Waals surface area contributed by atoms with E-state index in [4.69, 9.17) is 0 Å². The average molecular weight is 355 g/mol. The Morgan fingerprint density at radius 3 is 2.88 bits per heavy atom. The molecule has 0 saturated carbocycles. The van der Waals surface area contributed by atoms with E-state index in [2.05, 4.69) is 46.6 Å². The van der Waals surface area contributed by atoms with Gasteiger partial charge in [-0.05, 0) is 49.3 Å². The molecular weight excluding hydrogens is 328 g/mol. The number of nitrogens with one attached hydrogen (secondary N) is 1. The first-order chi connectivity index (χ1) is 12.3. The summed E-state index contributed by atoms with van der Waals surface area (Å²) in [6, 6.07) is 13.0. The van der Waals surface area contributed by atoms with Crippen molar-refractivity contribution in [3.05, 3.63) is 57.3 Å². The van der Waals surface area contributed by atoms with Crippen molar-refractivity contribution >= 4 is 17.2 Å². The van der Waals surface area contributed by atoms with Crippen LogP contribution in [-0.2, 0) is 19.4 Å². The summed E-state index contributed by atoms with van der Waals surface area (Å²) in [5.41, 5.74) is 2.77. The van der Waals surface area contributed by atoms with Crippen molar-refractivity contribution in [3.8, 4) is 0 Å². The van der Waals surface area contributed by atoms with Crippen molar-refractivity contribution in [3.63, 3.8) is 0 Å². The van der Waals surface area contributed by atoms with Gasteiger partial charge in [0.05, 0.1) is 4.88 Å². The molecule has 1 saturated heterocycles. The van der Waals surface area contributed by atoms with Gasteiger partial charge in [0.2, 0.25) is 0 Å². The average Bonchev–Trinajstić information content (AvgIpc) is 3.17. The minimum Gasteiger partial charge on any atom is -0.347 e. The molecule has 3 nitrogen and oxygen atoms in total. The highest BCUT2D eigenvalue weighted by atomic mass is 32.1. The summed E-state index contributed by atoms with van der Waals surface area (Å²) >= 11 is 1.72. The molecule has 1 N–H and O–H groups in total. The van der Waals surface area contributed by atoms with Crippen LogP contribution in [0.2, 0.25) is 0 Å². The number of likely N-dealkylation sites (tertiary alicyclic amines) is 1. The van der Waals surface area contributed by atoms with Crippen LogP contribution in [0.1, 0.15) is 51.4 Å². The minimum atomic E-state index is 0.129. The highest BCUT2D eigenvalue weighted by Crippen LogP contribution is 2.29. The Bertz CT molecular complexity index is 701. The lowest BCUT2D eigenvalue weighted by atomic mass is 10.1. The smallest absolute Gasteiger partial charge is 0.261 e. The molecule has 2 aliphatic rings. The van der Waals surface area contributed by atoms with Crippen molar-refractivity contribution in [2.24, 2.45) is 0 Å². The molecule has 2 heterocycles. The number of rotatable bonds is 4. The molecule has 1 unspecified atom stereocenters. The van der Waals surface area contributed by atoms with E-state index >= 15 is 0 Å². The Kier molecular flexibility index (Phi) is 5.18. The quantitative estimate of drug-likeness (QED) is 0.841. The van der Waals surface area contributed by atoms with Crippen LogP contribution < -0.4 is 5.32 Å². The third-order valence-corrected chi connectivity index (χ3v) is 6.56. The SMILES string of the molecule is O=C(NC1CCN(Cc2ccccc2)C1)c1cc2c(s1)CCCCC2. The number of carbonyl (C=O) groups is 1. The Morgan fingerprint density at radius 2 is 2.00 bits per heavy atom. The number of benzene rings is 1. The summed E-state index contributed by atoms with van der Waals surface area (Å²) in [6.07, 6.45) is 7.20. The lowest BCUT2D eigenvalue weighted by molar-refractivity contribution is 0.0941. The van der Waals surface area contributed by atoms with Gasteiger partial charge in [-0.25, -0.2) is 0 Å². The van der Waals surface area contributed by atoms with Gasteiger partial charge in [0.15, 0.2) is 0 Å². The third-order valence-electron chi connectivity index (χ3n) is 5.33. The Morgan fingerprint density at radius 1 is 1.16 bits per heavy atom. The fourth-order valence-corrected chi connectivity index (χ4v) is 5.13. The van der Waals surface area contributed by atoms with Crippen LogP contribution in [0.5, 0.6) is 0 Å². The molecule has 4 heteroatoms. The number of amides is 1. The summed E-state index contributed by atoms with van der Waals surface area (Å²) in [6.45, 7) is 2.98. The van der Waals surface area contributed by atoms with Crippen LogP contribution in [0.4, 0.5) is 0 Å². The Balaban J connectivity index is 1.33. The van der Waals surface area contributed by atoms with Crippen molar-refractivity contribution in [1.29, 1.82) is 0 Å². The van der Waals surface area contributed by atoms with Crippen LogP contribution in [0.15, 0.2) is 36.4 Å². The van der Waals surface area contributed by atoms with E-state index in [0.717, 1.165) is 43.8 Å². The van der Waals surface area contributed by atoms with Crippen LogP contribution in [0, 0.1) is 0 Å². The molecule has 2 aromatic rings. The predicted octanol–water partition coefficient (Wildman–Crippen LogP) is 4.02. The van der Waals surface area contributed by atoms with Gasteiger partial charge in [0.1, 0.15) is 0 Å². The van der Waals surface area contributed by atoms with Gasteiger partial charge >= 0.3 is 0 Å². The third kappa shape index (κ3) is 4.13. The van der Waals surface area contributed by atoms with E-state index in [0.29, 0.717) is 0 Å². The van der Waals surface area contributed by atoms with Crippen LogP contribution in [-0.4, -0.2) is 29.9 Å². The van der Waals surface area contributed by atoms with E-state index in [1.165, 1.54) is 35.3 Å². The number of fused-ring (bicyclic) bond motifs is 1. The van der Waals surface area contributed by atoms with E-state index in [1.54, 1.807) is 11.3 Å². The molecule has 1 aliphatic heterocycles. The molecule has 4 rings (SSSR count). The fraction of sp³-hybridized carbons (Fsp3) is 0.476. The highest BCUT2D eigenvalue weighted by molar-refractivity contribution is 7.14. The van der Waals surface area contributed by atoms with E-state index in [9.17, 15) is 4.79 Å². The molecule has 1 amide bonds. The van der Waals surface area contributed by atoms with Gasteiger partial charge in [0.25, 0.3) is 5.91 Å². The molecule has 1 atom stereocenters. The number of nitrogens with zero attached hydrogens (tertiary/aromatic N) is 1. The number of hydrogen-bond acceptors (Lipinski definition) is 3. The summed E-state index contributed by atoms with van der Waals surface area (Å²) < 4.78 is 0. The van der Waals surface area contributed by atoms with Crippen LogP contribution in [0.25, 0.3) is 0 Å². The zero-order chi connectivity index (χ0) is 17.1. The molecule has 0 radical (unpaired) electrons. The normalized spacial score (nSPS) is 20.9. The van der Waals surface area contributed by atoms with Crippen molar-refractivity contribution in [1.82, 2.24) is 10.2 Å². The zero-order valence-electron chi connectivity index (χ0n) is 14.7. The first kappa shape index (κ1) is 16.8. The molecule has 25 heavy (non-hydrogen) atoms. The topological polar surface area (TPSA) is 32.3 Å². The summed E-state index contributed by atoms with van der Waals surface area (Å²) in [4.78, 5) is 17.4. The maximum Gasteiger partial charge on any atom is 0.261 e. The lowest BCUT2D eigenvalue weighted by Gasteiger charge is -2.16. The molecule has 132 valence electrons. The Hall–Kier alpha value is -1.65. The second-order valence-electron chi connectivity index (χ2n) is 7.30. The van der Waals surface area contributed by atoms with Crippen LogP contribution in [0.3, 0.4) is 0 Å². The predicted molar refractivity (Wildman–Crippen MR) is 103 cm³/mol. The van der Waals surface area contributed by atoms with E-state index in [1.807, 2.05) is 0 Å². The molecule has 1 aromatic carbocycles. The maximum atomic E-state index is 12.7. The van der Waals surface area contributed by atoms with Gasteiger partial charge in [-0.3, -0.25) is 9.69 Å². The molecule has 1 aliphatic carbocycles. The number of carbonyl (C=O) groups excluding carboxylic acids is 1. The van der Waals surface area contributed by atoms with Gasteiger partial charge < -0.3 is 5.32 Å². The number of thiophene rings is 1. The monoisotopic (exact) mass is 354 g/mol. The minimum absolute atomic E-state index is 0.129. The first-order valence-corrected chi connectivity index (χ1v) is 10.3. The molecule has 0 spiro atoms. The molecular formula is C21H26N2OS. The molecule has 1 fully saturated rings. The summed E-state index contributed by atoms with van der Waals surface area (Å²) in [7, 11) is 0. The second kappa shape index (κ2) is 7.71. The summed E-state index contributed by atoms with van der Waals surface area (Å²) in [5.74, 6) is 0.129. The Labute approximate surface area is 154 Å². The van der Waals surface area contributed by atoms with Crippen molar-refractivity contribution in [2.45, 2.75) is 51.1 Å². The highest BCUT2D eigenvalue weighted by Gasteiger charge is 2.25. The number of hydrogen-bond donors (Lipinski definition) is 1. The zero-order valence-corrected chi connectivity index (χ0v) is 15.5. The van der Waals surface area contributed by atoms with Gasteiger partial charge in [-0.1, -0.05) is 36.8 Å². The standard InChI is InChI=1S/C21H26N2OS/c24-21(20-13-17-9-5-2-6-10-19(17)25-20)22-18-11-12-23(15-18)14-16-7-3-1-4-8-16/h1,3-4,7-8,13,18H,2,5-6,9-12,14-15H2,(H,22,24). The molecule has 1 aromatic heterocycles. The van der Waals surface area contributed by atoms with Crippen molar-refractivity contribution < 1.29 is 4.79 Å². The lowest BCUT2D eigenvalue weighted by Crippen LogP contribution is -2.36.